The van der Waals surface area contributed by atoms with Gasteiger partial charge in [-0.25, -0.2) is 9.78 Å². The molecule has 1 aromatic rings. The smallest absolute Gasteiger partial charge is 0.299 e. The summed E-state index contributed by atoms with van der Waals surface area (Å²) in [5.74, 6) is 0. The van der Waals surface area contributed by atoms with Crippen molar-refractivity contribution in [2.75, 3.05) is 0 Å². The third-order valence-corrected chi connectivity index (χ3v) is 1.27. The maximum Gasteiger partial charge on any atom is 0.345 e. The lowest BCUT2D eigenvalue weighted by Crippen LogP contribution is -2.09. The van der Waals surface area contributed by atoms with Gasteiger partial charge in [-0.3, -0.25) is 10.1 Å². The monoisotopic (exact) mass is 143 g/mol. The zero-order valence-electron chi connectivity index (χ0n) is 4.50. The predicted octanol–water partition coefficient (Wildman–Crippen LogP) is -0.264. The van der Waals surface area contributed by atoms with E-state index in [1.807, 2.05) is 0 Å². The van der Waals surface area contributed by atoms with E-state index in [1.165, 1.54) is 6.20 Å². The van der Waals surface area contributed by atoms with Crippen molar-refractivity contribution in [2.45, 2.75) is 5.03 Å². The number of rotatable bonds is 1. The quantitative estimate of drug-likeness (QED) is 0.419. The van der Waals surface area contributed by atoms with Crippen LogP contribution < -0.4 is 10.8 Å². The molecule has 5 heteroatoms. The number of H-pyrrole nitrogens is 1. The van der Waals surface area contributed by atoms with Crippen LogP contribution in [-0.2, 0) is 0 Å². The van der Waals surface area contributed by atoms with Crippen molar-refractivity contribution in [1.29, 1.82) is 0 Å². The summed E-state index contributed by atoms with van der Waals surface area (Å²) in [5.41, 5.74) is -0.370. The Kier molecular flexibility index (Phi) is 1.86. The van der Waals surface area contributed by atoms with Gasteiger partial charge in [-0.1, -0.05) is 0 Å². The highest BCUT2D eigenvalue weighted by Gasteiger charge is 1.87. The van der Waals surface area contributed by atoms with Crippen LogP contribution in [-0.4, -0.2) is 9.97 Å². The molecule has 0 radical (unpaired) electrons. The molecule has 0 aliphatic carbocycles. The molecule has 1 aromatic heterocycles. The summed E-state index contributed by atoms with van der Waals surface area (Å²) >= 11 is 0.987. The van der Waals surface area contributed by atoms with Crippen molar-refractivity contribution < 1.29 is 0 Å². The van der Waals surface area contributed by atoms with Crippen LogP contribution in [0.15, 0.2) is 22.1 Å². The molecule has 0 fully saturated rings. The Morgan fingerprint density at radius 3 is 3.00 bits per heavy atom. The number of aromatic nitrogens is 2. The van der Waals surface area contributed by atoms with E-state index in [0.29, 0.717) is 5.03 Å². The molecule has 1 heterocycles. The molecule has 0 saturated carbocycles. The van der Waals surface area contributed by atoms with Crippen molar-refractivity contribution >= 4 is 11.9 Å². The minimum absolute atomic E-state index is 0.370. The first kappa shape index (κ1) is 6.31. The fourth-order valence-electron chi connectivity index (χ4n) is 0.421. The van der Waals surface area contributed by atoms with Gasteiger partial charge in [0.1, 0.15) is 0 Å². The molecule has 0 amide bonds. The molecule has 0 unspecified atom stereocenters. The lowest BCUT2D eigenvalue weighted by atomic mass is 10.7. The molecule has 4 nitrogen and oxygen atoms in total. The van der Waals surface area contributed by atoms with E-state index >= 15 is 0 Å². The van der Waals surface area contributed by atoms with E-state index in [1.54, 1.807) is 6.07 Å². The molecule has 1 rings (SSSR count). The number of nitrogens with two attached hydrogens (primary N) is 1. The maximum atomic E-state index is 10.4. The second kappa shape index (κ2) is 2.65. The summed E-state index contributed by atoms with van der Waals surface area (Å²) in [7, 11) is 0. The van der Waals surface area contributed by atoms with Crippen molar-refractivity contribution in [3.05, 3.63) is 22.7 Å². The van der Waals surface area contributed by atoms with Crippen LogP contribution in [0.2, 0.25) is 0 Å². The summed E-state index contributed by atoms with van der Waals surface area (Å²) in [4.78, 5) is 16.2. The van der Waals surface area contributed by atoms with E-state index < -0.39 is 0 Å². The van der Waals surface area contributed by atoms with Gasteiger partial charge in [0, 0.05) is 6.20 Å². The molecule has 0 saturated heterocycles. The zero-order valence-corrected chi connectivity index (χ0v) is 5.31. The predicted molar refractivity (Wildman–Crippen MR) is 34.9 cm³/mol. The fourth-order valence-corrected chi connectivity index (χ4v) is 0.706. The van der Waals surface area contributed by atoms with Gasteiger partial charge in [-0.2, -0.15) is 0 Å². The molecule has 0 aliphatic heterocycles. The van der Waals surface area contributed by atoms with E-state index in [-0.39, 0.29) is 5.69 Å². The Morgan fingerprint density at radius 1 is 1.78 bits per heavy atom. The SMILES string of the molecule is NSc1ccnc(=O)[nH]1. The van der Waals surface area contributed by atoms with Gasteiger partial charge in [0.2, 0.25) is 0 Å². The van der Waals surface area contributed by atoms with Gasteiger partial charge in [0.25, 0.3) is 0 Å². The summed E-state index contributed by atoms with van der Waals surface area (Å²) < 4.78 is 0. The highest BCUT2D eigenvalue weighted by molar-refractivity contribution is 7.97. The molecular formula is C4H5N3OS. The van der Waals surface area contributed by atoms with Gasteiger partial charge in [0.05, 0.1) is 5.03 Å². The van der Waals surface area contributed by atoms with E-state index in [0.717, 1.165) is 11.9 Å². The molecule has 0 bridgehead atoms. The van der Waals surface area contributed by atoms with Gasteiger partial charge in [-0.05, 0) is 18.0 Å². The molecule has 0 atom stereocenters. The Morgan fingerprint density at radius 2 is 2.56 bits per heavy atom. The lowest BCUT2D eigenvalue weighted by Gasteiger charge is -1.89. The van der Waals surface area contributed by atoms with Gasteiger partial charge in [0.15, 0.2) is 0 Å². The minimum Gasteiger partial charge on any atom is -0.299 e. The van der Waals surface area contributed by atoms with Crippen LogP contribution in [0.1, 0.15) is 0 Å². The fraction of sp³-hybridized carbons (Fsp3) is 0. The first-order valence-electron chi connectivity index (χ1n) is 2.25. The first-order chi connectivity index (χ1) is 4.33. The van der Waals surface area contributed by atoms with Gasteiger partial charge < -0.3 is 0 Å². The maximum absolute atomic E-state index is 10.4. The van der Waals surface area contributed by atoms with Crippen molar-refractivity contribution in [1.82, 2.24) is 9.97 Å². The van der Waals surface area contributed by atoms with Crippen LogP contribution in [0, 0.1) is 0 Å². The average molecular weight is 143 g/mol. The Bertz CT molecular complexity index is 246. The molecule has 9 heavy (non-hydrogen) atoms. The first-order valence-corrected chi connectivity index (χ1v) is 3.13. The van der Waals surface area contributed by atoms with Crippen LogP contribution in [0.25, 0.3) is 0 Å². The summed E-state index contributed by atoms with van der Waals surface area (Å²) in [6.45, 7) is 0. The Labute approximate surface area is 55.6 Å². The van der Waals surface area contributed by atoms with Crippen molar-refractivity contribution in [3.8, 4) is 0 Å². The lowest BCUT2D eigenvalue weighted by molar-refractivity contribution is 0.980. The molecule has 3 N–H and O–H groups in total. The van der Waals surface area contributed by atoms with Crippen molar-refractivity contribution in [2.24, 2.45) is 5.14 Å². The summed E-state index contributed by atoms with van der Waals surface area (Å²) in [5, 5.41) is 5.76. The molecule has 0 aromatic carbocycles. The third-order valence-electron chi connectivity index (χ3n) is 0.775. The molecular weight excluding hydrogens is 138 g/mol. The van der Waals surface area contributed by atoms with Gasteiger partial charge >= 0.3 is 5.69 Å². The number of nitrogens with zero attached hydrogens (tertiary/aromatic N) is 1. The highest BCUT2D eigenvalue weighted by atomic mass is 32.2. The number of hydrogen-bond acceptors (Lipinski definition) is 4. The molecule has 0 spiro atoms. The average Bonchev–Trinajstić information content (AvgIpc) is 1.88. The minimum atomic E-state index is -0.370. The normalized spacial score (nSPS) is 9.44. The summed E-state index contributed by atoms with van der Waals surface area (Å²) in [6.07, 6.45) is 1.41. The van der Waals surface area contributed by atoms with Crippen LogP contribution in [0.5, 0.6) is 0 Å². The van der Waals surface area contributed by atoms with E-state index in [9.17, 15) is 4.79 Å². The van der Waals surface area contributed by atoms with E-state index in [4.69, 9.17) is 5.14 Å². The van der Waals surface area contributed by atoms with E-state index in [2.05, 4.69) is 9.97 Å². The van der Waals surface area contributed by atoms with Crippen molar-refractivity contribution in [3.63, 3.8) is 0 Å². The van der Waals surface area contributed by atoms with Crippen LogP contribution in [0.4, 0.5) is 0 Å². The largest absolute Gasteiger partial charge is 0.345 e. The number of aromatic amines is 1. The van der Waals surface area contributed by atoms with Crippen LogP contribution in [0.3, 0.4) is 0 Å². The topological polar surface area (TPSA) is 71.8 Å². The van der Waals surface area contributed by atoms with Crippen LogP contribution >= 0.6 is 11.9 Å². The van der Waals surface area contributed by atoms with Gasteiger partial charge in [-0.15, -0.1) is 0 Å². The standard InChI is InChI=1S/C4H5N3OS/c5-9-3-1-2-6-4(8)7-3/h1-2H,5H2,(H,6,7,8). The zero-order chi connectivity index (χ0) is 6.69. The molecule has 0 aliphatic rings. The second-order valence-electron chi connectivity index (χ2n) is 1.36. The Balaban J connectivity index is 3.08. The number of hydrogen-bond donors (Lipinski definition) is 2. The molecule has 48 valence electrons. The third kappa shape index (κ3) is 1.55. The highest BCUT2D eigenvalue weighted by Crippen LogP contribution is 2.00. The Hall–Kier alpha value is -0.810. The second-order valence-corrected chi connectivity index (χ2v) is 2.03. The number of nitrogens with one attached hydrogen (secondary N) is 1. The summed E-state index contributed by atoms with van der Waals surface area (Å²) in [6, 6.07) is 1.63.